The van der Waals surface area contributed by atoms with Crippen molar-refractivity contribution in [2.75, 3.05) is 17.6 Å². The summed E-state index contributed by atoms with van der Waals surface area (Å²) in [5, 5.41) is 5.32. The predicted octanol–water partition coefficient (Wildman–Crippen LogP) is 1.87. The van der Waals surface area contributed by atoms with Crippen LogP contribution in [0.5, 0.6) is 0 Å². The van der Waals surface area contributed by atoms with Gasteiger partial charge in [-0.3, -0.25) is 4.79 Å². The second-order valence-electron chi connectivity index (χ2n) is 4.22. The molecule has 0 unspecified atom stereocenters. The zero-order chi connectivity index (χ0) is 13.7. The highest BCUT2D eigenvalue weighted by Gasteiger charge is 2.11. The van der Waals surface area contributed by atoms with Crippen molar-refractivity contribution >= 4 is 17.3 Å². The van der Waals surface area contributed by atoms with Gasteiger partial charge < -0.3 is 16.4 Å². The van der Waals surface area contributed by atoms with Crippen LogP contribution >= 0.6 is 0 Å². The van der Waals surface area contributed by atoms with E-state index in [2.05, 4.69) is 10.6 Å². The number of nitrogens with one attached hydrogen (secondary N) is 2. The van der Waals surface area contributed by atoms with E-state index in [0.29, 0.717) is 0 Å². The molecule has 4 N–H and O–H groups in total. The van der Waals surface area contributed by atoms with Crippen molar-refractivity contribution in [2.45, 2.75) is 26.3 Å². The summed E-state index contributed by atoms with van der Waals surface area (Å²) in [6.07, 6.45) is 0.160. The molecule has 1 aromatic carbocycles. The van der Waals surface area contributed by atoms with Gasteiger partial charge in [0.1, 0.15) is 0 Å². The number of nitrogens with two attached hydrogens (primary N) is 1. The number of halogens is 2. The van der Waals surface area contributed by atoms with Crippen LogP contribution in [-0.2, 0) is 4.79 Å². The number of rotatable bonds is 5. The first kappa shape index (κ1) is 14.2. The van der Waals surface area contributed by atoms with Crippen molar-refractivity contribution in [3.8, 4) is 0 Å². The van der Waals surface area contributed by atoms with E-state index in [4.69, 9.17) is 5.73 Å². The van der Waals surface area contributed by atoms with E-state index >= 15 is 0 Å². The van der Waals surface area contributed by atoms with E-state index in [9.17, 15) is 13.6 Å². The van der Waals surface area contributed by atoms with E-state index in [0.717, 1.165) is 6.07 Å². The van der Waals surface area contributed by atoms with Gasteiger partial charge in [-0.05, 0) is 26.0 Å². The molecule has 0 saturated carbocycles. The standard InChI is InChI=1S/C12H17F2N3O/c1-7(2)17-10(18)5-6-16-12-9(15)4-3-8(13)11(12)14/h3-4,7,16H,5-6,15H2,1-2H3,(H,17,18). The topological polar surface area (TPSA) is 67.2 Å². The van der Waals surface area contributed by atoms with Gasteiger partial charge >= 0.3 is 0 Å². The summed E-state index contributed by atoms with van der Waals surface area (Å²) in [6.45, 7) is 3.87. The maximum absolute atomic E-state index is 13.4. The molecule has 0 heterocycles. The molecule has 1 rings (SSSR count). The van der Waals surface area contributed by atoms with Gasteiger partial charge in [-0.25, -0.2) is 8.78 Å². The Bertz CT molecular complexity index is 436. The molecule has 0 aromatic heterocycles. The van der Waals surface area contributed by atoms with E-state index < -0.39 is 11.6 Å². The smallest absolute Gasteiger partial charge is 0.221 e. The Kier molecular flexibility index (Phi) is 4.88. The fourth-order valence-corrected chi connectivity index (χ4v) is 1.44. The molecule has 0 bridgehead atoms. The summed E-state index contributed by atoms with van der Waals surface area (Å²) in [5.41, 5.74) is 5.52. The average Bonchev–Trinajstić information content (AvgIpc) is 2.27. The zero-order valence-corrected chi connectivity index (χ0v) is 10.4. The number of anilines is 2. The minimum Gasteiger partial charge on any atom is -0.397 e. The third-order valence-corrected chi connectivity index (χ3v) is 2.23. The van der Waals surface area contributed by atoms with Crippen molar-refractivity contribution < 1.29 is 13.6 Å². The number of hydrogen-bond donors (Lipinski definition) is 3. The van der Waals surface area contributed by atoms with Crippen molar-refractivity contribution in [3.05, 3.63) is 23.8 Å². The van der Waals surface area contributed by atoms with Crippen molar-refractivity contribution in [1.29, 1.82) is 0 Å². The van der Waals surface area contributed by atoms with Crippen LogP contribution in [0.15, 0.2) is 12.1 Å². The fourth-order valence-electron chi connectivity index (χ4n) is 1.44. The first-order valence-electron chi connectivity index (χ1n) is 5.68. The molecule has 0 radical (unpaired) electrons. The number of benzene rings is 1. The number of carbonyl (C=O) groups is 1. The molecule has 4 nitrogen and oxygen atoms in total. The van der Waals surface area contributed by atoms with Gasteiger partial charge in [-0.2, -0.15) is 0 Å². The molecule has 18 heavy (non-hydrogen) atoms. The predicted molar refractivity (Wildman–Crippen MR) is 67.2 cm³/mol. The molecule has 0 atom stereocenters. The molecule has 6 heteroatoms. The summed E-state index contributed by atoms with van der Waals surface area (Å²) in [7, 11) is 0. The van der Waals surface area contributed by atoms with E-state index in [-0.39, 0.29) is 36.3 Å². The largest absolute Gasteiger partial charge is 0.397 e. The van der Waals surface area contributed by atoms with Gasteiger partial charge in [-0.15, -0.1) is 0 Å². The lowest BCUT2D eigenvalue weighted by atomic mass is 10.2. The number of amides is 1. The Hall–Kier alpha value is -1.85. The highest BCUT2D eigenvalue weighted by atomic mass is 19.2. The highest BCUT2D eigenvalue weighted by Crippen LogP contribution is 2.24. The summed E-state index contributed by atoms with van der Waals surface area (Å²) in [5.74, 6) is -2.16. The first-order chi connectivity index (χ1) is 8.41. The van der Waals surface area contributed by atoms with Gasteiger partial charge in [-0.1, -0.05) is 0 Å². The molecule has 0 aliphatic heterocycles. The van der Waals surface area contributed by atoms with Crippen LogP contribution in [0.2, 0.25) is 0 Å². The van der Waals surface area contributed by atoms with E-state index in [1.807, 2.05) is 13.8 Å². The third kappa shape index (κ3) is 3.87. The first-order valence-corrected chi connectivity index (χ1v) is 5.68. The fraction of sp³-hybridized carbons (Fsp3) is 0.417. The van der Waals surface area contributed by atoms with Crippen LogP contribution in [0.1, 0.15) is 20.3 Å². The molecule has 0 saturated heterocycles. The molecule has 0 spiro atoms. The van der Waals surface area contributed by atoms with Crippen LogP contribution < -0.4 is 16.4 Å². The Morgan fingerprint density at radius 3 is 2.67 bits per heavy atom. The van der Waals surface area contributed by atoms with E-state index in [1.165, 1.54) is 6.07 Å². The second-order valence-corrected chi connectivity index (χ2v) is 4.22. The van der Waals surface area contributed by atoms with Crippen LogP contribution in [0, 0.1) is 11.6 Å². The Labute approximate surface area is 105 Å². The summed E-state index contributed by atoms with van der Waals surface area (Å²) >= 11 is 0. The molecule has 100 valence electrons. The van der Waals surface area contributed by atoms with Crippen molar-refractivity contribution in [2.24, 2.45) is 0 Å². The summed E-state index contributed by atoms with van der Waals surface area (Å²) in [4.78, 5) is 11.3. The van der Waals surface area contributed by atoms with Gasteiger partial charge in [0.2, 0.25) is 5.91 Å². The van der Waals surface area contributed by atoms with Crippen LogP contribution in [0.3, 0.4) is 0 Å². The number of hydrogen-bond acceptors (Lipinski definition) is 3. The van der Waals surface area contributed by atoms with E-state index in [1.54, 1.807) is 0 Å². The maximum atomic E-state index is 13.4. The Balaban J connectivity index is 2.54. The number of carbonyl (C=O) groups excluding carboxylic acids is 1. The monoisotopic (exact) mass is 257 g/mol. The van der Waals surface area contributed by atoms with Crippen molar-refractivity contribution in [3.63, 3.8) is 0 Å². The maximum Gasteiger partial charge on any atom is 0.221 e. The minimum absolute atomic E-state index is 0.0495. The van der Waals surface area contributed by atoms with Gasteiger partial charge in [0, 0.05) is 19.0 Å². The molecule has 0 aliphatic carbocycles. The molecule has 1 aromatic rings. The molecular weight excluding hydrogens is 240 g/mol. The van der Waals surface area contributed by atoms with Crippen LogP contribution in [0.4, 0.5) is 20.2 Å². The second kappa shape index (κ2) is 6.18. The lowest BCUT2D eigenvalue weighted by Crippen LogP contribution is -2.31. The highest BCUT2D eigenvalue weighted by molar-refractivity contribution is 5.77. The molecule has 0 aliphatic rings. The Morgan fingerprint density at radius 2 is 2.06 bits per heavy atom. The quantitative estimate of drug-likeness (QED) is 0.705. The lowest BCUT2D eigenvalue weighted by Gasteiger charge is -2.12. The SMILES string of the molecule is CC(C)NC(=O)CCNc1c(N)ccc(F)c1F. The van der Waals surface area contributed by atoms with Gasteiger partial charge in [0.15, 0.2) is 11.6 Å². The average molecular weight is 257 g/mol. The summed E-state index contributed by atoms with van der Waals surface area (Å²) in [6, 6.07) is 2.28. The Morgan fingerprint density at radius 1 is 1.39 bits per heavy atom. The molecule has 1 amide bonds. The third-order valence-electron chi connectivity index (χ3n) is 2.23. The zero-order valence-electron chi connectivity index (χ0n) is 10.4. The molecule has 0 fully saturated rings. The van der Waals surface area contributed by atoms with Crippen LogP contribution in [0.25, 0.3) is 0 Å². The van der Waals surface area contributed by atoms with Gasteiger partial charge in [0.05, 0.1) is 11.4 Å². The van der Waals surface area contributed by atoms with Crippen molar-refractivity contribution in [1.82, 2.24) is 5.32 Å². The van der Waals surface area contributed by atoms with Gasteiger partial charge in [0.25, 0.3) is 0 Å². The molecular formula is C12H17F2N3O. The summed E-state index contributed by atoms with van der Waals surface area (Å²) < 4.78 is 26.3. The normalized spacial score (nSPS) is 10.5. The van der Waals surface area contributed by atoms with Crippen LogP contribution in [-0.4, -0.2) is 18.5 Å². The number of nitrogen functional groups attached to an aromatic ring is 1. The minimum atomic E-state index is -1.03. The lowest BCUT2D eigenvalue weighted by molar-refractivity contribution is -0.121.